The third kappa shape index (κ3) is 2.76. The van der Waals surface area contributed by atoms with E-state index in [9.17, 15) is 9.59 Å². The van der Waals surface area contributed by atoms with Crippen LogP contribution in [0, 0.1) is 11.8 Å². The van der Waals surface area contributed by atoms with Crippen LogP contribution in [0.1, 0.15) is 32.6 Å². The normalized spacial score (nSPS) is 28.8. The van der Waals surface area contributed by atoms with Gasteiger partial charge in [-0.25, -0.2) is 0 Å². The molecule has 2 aliphatic heterocycles. The highest BCUT2D eigenvalue weighted by atomic mass is 16.5. The molecule has 2 amide bonds. The Kier molecular flexibility index (Phi) is 3.94. The molecule has 128 valence electrons. The first-order valence-corrected chi connectivity index (χ1v) is 9.01. The number of nitrogens with zero attached hydrogens (tertiary/aromatic N) is 2. The van der Waals surface area contributed by atoms with Gasteiger partial charge in [-0.2, -0.15) is 0 Å². The van der Waals surface area contributed by atoms with Crippen molar-refractivity contribution in [3.8, 4) is 5.75 Å². The number of likely N-dealkylation sites (tertiary alicyclic amines) is 1. The van der Waals surface area contributed by atoms with Crippen LogP contribution >= 0.6 is 0 Å². The maximum Gasteiger partial charge on any atom is 0.265 e. The molecule has 3 aliphatic rings. The van der Waals surface area contributed by atoms with Gasteiger partial charge in [-0.15, -0.1) is 0 Å². The number of piperidine rings is 1. The fraction of sp³-hybridized carbons (Fsp3) is 0.579. The van der Waals surface area contributed by atoms with E-state index >= 15 is 0 Å². The first-order valence-electron chi connectivity index (χ1n) is 9.01. The Morgan fingerprint density at radius 3 is 2.50 bits per heavy atom. The summed E-state index contributed by atoms with van der Waals surface area (Å²) in [6, 6.07) is 7.55. The van der Waals surface area contributed by atoms with Gasteiger partial charge in [0.1, 0.15) is 5.75 Å². The molecule has 5 heteroatoms. The molecule has 1 aromatic carbocycles. The van der Waals surface area contributed by atoms with Gasteiger partial charge in [-0.3, -0.25) is 9.59 Å². The van der Waals surface area contributed by atoms with Gasteiger partial charge in [0, 0.05) is 19.0 Å². The molecule has 24 heavy (non-hydrogen) atoms. The predicted octanol–water partition coefficient (Wildman–Crippen LogP) is 2.45. The van der Waals surface area contributed by atoms with Gasteiger partial charge >= 0.3 is 0 Å². The van der Waals surface area contributed by atoms with Crippen LogP contribution in [0.5, 0.6) is 5.75 Å². The summed E-state index contributed by atoms with van der Waals surface area (Å²) < 4.78 is 5.97. The number of hydrogen-bond donors (Lipinski definition) is 0. The summed E-state index contributed by atoms with van der Waals surface area (Å²) >= 11 is 0. The van der Waals surface area contributed by atoms with E-state index < -0.39 is 6.10 Å². The maximum absolute atomic E-state index is 12.8. The second kappa shape index (κ2) is 6.11. The van der Waals surface area contributed by atoms with Gasteiger partial charge in [-0.05, 0) is 43.7 Å². The van der Waals surface area contributed by atoms with Crippen LogP contribution in [0.15, 0.2) is 24.3 Å². The van der Waals surface area contributed by atoms with Gasteiger partial charge in [0.25, 0.3) is 5.91 Å². The lowest BCUT2D eigenvalue weighted by molar-refractivity contribution is -0.139. The van der Waals surface area contributed by atoms with Crippen LogP contribution in [0.3, 0.4) is 0 Å². The average Bonchev–Trinajstić information content (AvgIpc) is 3.37. The van der Waals surface area contributed by atoms with E-state index in [1.807, 2.05) is 29.2 Å². The third-order valence-electron chi connectivity index (χ3n) is 5.41. The molecule has 0 radical (unpaired) electrons. The minimum atomic E-state index is -0.587. The van der Waals surface area contributed by atoms with E-state index in [0.717, 1.165) is 38.0 Å². The lowest BCUT2D eigenvalue weighted by Gasteiger charge is -2.37. The summed E-state index contributed by atoms with van der Waals surface area (Å²) in [5.74, 6) is 1.34. The highest BCUT2D eigenvalue weighted by Crippen LogP contribution is 2.42. The van der Waals surface area contributed by atoms with Gasteiger partial charge in [0.2, 0.25) is 5.91 Å². The first kappa shape index (κ1) is 15.5. The Hall–Kier alpha value is -2.04. The fourth-order valence-electron chi connectivity index (χ4n) is 3.76. The smallest absolute Gasteiger partial charge is 0.265 e. The quantitative estimate of drug-likeness (QED) is 0.838. The summed E-state index contributed by atoms with van der Waals surface area (Å²) in [5.41, 5.74) is 0.796. The van der Waals surface area contributed by atoms with Gasteiger partial charge in [0.05, 0.1) is 12.2 Å². The zero-order valence-electron chi connectivity index (χ0n) is 14.1. The Labute approximate surface area is 142 Å². The monoisotopic (exact) mass is 328 g/mol. The molecule has 1 aliphatic carbocycles. The van der Waals surface area contributed by atoms with Gasteiger partial charge in [0.15, 0.2) is 6.10 Å². The number of fused-ring (bicyclic) bond motifs is 1. The predicted molar refractivity (Wildman–Crippen MR) is 90.9 cm³/mol. The molecule has 2 fully saturated rings. The Morgan fingerprint density at radius 1 is 1.08 bits per heavy atom. The van der Waals surface area contributed by atoms with Crippen LogP contribution in [0.2, 0.25) is 0 Å². The number of anilines is 1. The van der Waals surface area contributed by atoms with Crippen LogP contribution in [-0.4, -0.2) is 42.5 Å². The molecular formula is C19H24N2O3. The van der Waals surface area contributed by atoms with Crippen molar-refractivity contribution in [1.29, 1.82) is 0 Å². The van der Waals surface area contributed by atoms with E-state index in [1.54, 1.807) is 4.90 Å². The lowest BCUT2D eigenvalue weighted by Crippen LogP contribution is -2.53. The zero-order chi connectivity index (χ0) is 16.7. The fourth-order valence-corrected chi connectivity index (χ4v) is 3.76. The maximum atomic E-state index is 12.8. The standard InChI is InChI=1S/C19H24N2O3/c1-13-11-14(13)18(22)21-12-17(19(23)20-9-5-2-6-10-20)24-16-8-4-3-7-15(16)21/h3-4,7-8,13-14,17H,2,5-6,9-12H2,1H3/t13-,14+,17-/m1/s1. The molecule has 1 saturated heterocycles. The number of hydrogen-bond acceptors (Lipinski definition) is 3. The van der Waals surface area contributed by atoms with Crippen molar-refractivity contribution in [2.75, 3.05) is 24.5 Å². The van der Waals surface area contributed by atoms with Crippen molar-refractivity contribution in [3.05, 3.63) is 24.3 Å². The van der Waals surface area contributed by atoms with E-state index in [0.29, 0.717) is 18.2 Å². The largest absolute Gasteiger partial charge is 0.476 e. The number of para-hydroxylation sites is 2. The second-order valence-electron chi connectivity index (χ2n) is 7.23. The number of amides is 2. The summed E-state index contributed by atoms with van der Waals surface area (Å²) in [6.45, 7) is 4.03. The third-order valence-corrected chi connectivity index (χ3v) is 5.41. The number of benzene rings is 1. The van der Waals surface area contributed by atoms with Crippen LogP contribution in [0.4, 0.5) is 5.69 Å². The number of carbonyl (C=O) groups is 2. The van der Waals surface area contributed by atoms with Gasteiger partial charge in [-0.1, -0.05) is 19.1 Å². The summed E-state index contributed by atoms with van der Waals surface area (Å²) in [6.07, 6.45) is 3.65. The van der Waals surface area contributed by atoms with Crippen LogP contribution < -0.4 is 9.64 Å². The van der Waals surface area contributed by atoms with E-state index in [2.05, 4.69) is 6.92 Å². The molecule has 0 N–H and O–H groups in total. The highest BCUT2D eigenvalue weighted by Gasteiger charge is 2.45. The summed E-state index contributed by atoms with van der Waals surface area (Å²) in [5, 5.41) is 0. The summed E-state index contributed by atoms with van der Waals surface area (Å²) in [7, 11) is 0. The van der Waals surface area contributed by atoms with Crippen molar-refractivity contribution in [3.63, 3.8) is 0 Å². The molecule has 1 aromatic rings. The molecule has 0 aromatic heterocycles. The number of ether oxygens (including phenoxy) is 1. The van der Waals surface area contributed by atoms with E-state index in [1.165, 1.54) is 6.42 Å². The number of rotatable bonds is 2. The molecule has 5 nitrogen and oxygen atoms in total. The van der Waals surface area contributed by atoms with E-state index in [-0.39, 0.29) is 17.7 Å². The Balaban J connectivity index is 1.57. The molecule has 3 atom stereocenters. The molecule has 2 heterocycles. The molecular weight excluding hydrogens is 304 g/mol. The zero-order valence-corrected chi connectivity index (χ0v) is 14.1. The second-order valence-corrected chi connectivity index (χ2v) is 7.23. The van der Waals surface area contributed by atoms with Gasteiger partial charge < -0.3 is 14.5 Å². The SMILES string of the molecule is C[C@@H]1C[C@@H]1C(=O)N1C[C@H](C(=O)N2CCCCC2)Oc2ccccc21. The van der Waals surface area contributed by atoms with Crippen molar-refractivity contribution >= 4 is 17.5 Å². The van der Waals surface area contributed by atoms with Crippen LogP contribution in [-0.2, 0) is 9.59 Å². The molecule has 0 bridgehead atoms. The topological polar surface area (TPSA) is 49.9 Å². The molecule has 0 spiro atoms. The van der Waals surface area contributed by atoms with Crippen molar-refractivity contribution in [2.45, 2.75) is 38.7 Å². The minimum Gasteiger partial charge on any atom is -0.476 e. The van der Waals surface area contributed by atoms with Crippen molar-refractivity contribution < 1.29 is 14.3 Å². The number of carbonyl (C=O) groups excluding carboxylic acids is 2. The Morgan fingerprint density at radius 2 is 1.79 bits per heavy atom. The minimum absolute atomic E-state index is 0.0193. The Bertz CT molecular complexity index is 654. The lowest BCUT2D eigenvalue weighted by atomic mass is 10.1. The molecule has 0 unspecified atom stereocenters. The average molecular weight is 328 g/mol. The van der Waals surface area contributed by atoms with Crippen molar-refractivity contribution in [2.24, 2.45) is 11.8 Å². The van der Waals surface area contributed by atoms with Crippen LogP contribution in [0.25, 0.3) is 0 Å². The van der Waals surface area contributed by atoms with Crippen molar-refractivity contribution in [1.82, 2.24) is 4.90 Å². The van der Waals surface area contributed by atoms with E-state index in [4.69, 9.17) is 4.74 Å². The molecule has 1 saturated carbocycles. The first-order chi connectivity index (χ1) is 11.6. The summed E-state index contributed by atoms with van der Waals surface area (Å²) in [4.78, 5) is 29.3. The highest BCUT2D eigenvalue weighted by molar-refractivity contribution is 5.99. The molecule has 4 rings (SSSR count).